The normalized spacial score (nSPS) is 11.1. The summed E-state index contributed by atoms with van der Waals surface area (Å²) in [4.78, 5) is 11.4. The first-order valence-corrected chi connectivity index (χ1v) is 9.01. The van der Waals surface area contributed by atoms with Crippen molar-refractivity contribution in [3.63, 3.8) is 0 Å². The van der Waals surface area contributed by atoms with Crippen molar-refractivity contribution in [2.24, 2.45) is 0 Å². The van der Waals surface area contributed by atoms with Crippen molar-refractivity contribution in [1.29, 1.82) is 5.26 Å². The van der Waals surface area contributed by atoms with Gasteiger partial charge in [0, 0.05) is 15.6 Å². The Bertz CT molecular complexity index is 1060. The van der Waals surface area contributed by atoms with E-state index in [0.29, 0.717) is 16.9 Å². The number of allylic oxidation sites excluding steroid dienone is 1. The number of nitriles is 1. The molecule has 0 fully saturated rings. The Hall–Kier alpha value is -3.10. The molecule has 0 aliphatic carbocycles. The van der Waals surface area contributed by atoms with Crippen molar-refractivity contribution >= 4 is 44.3 Å². The molecule has 0 radical (unpaired) electrons. The summed E-state index contributed by atoms with van der Waals surface area (Å²) in [6, 6.07) is 21.5. The van der Waals surface area contributed by atoms with Crippen LogP contribution in [0.15, 0.2) is 65.1 Å². The summed E-state index contributed by atoms with van der Waals surface area (Å²) in [6.07, 6.45) is 1.76. The predicted octanol–water partition coefficient (Wildman–Crippen LogP) is 5.22. The summed E-state index contributed by atoms with van der Waals surface area (Å²) in [5, 5.41) is 11.8. The van der Waals surface area contributed by atoms with Crippen LogP contribution in [-0.2, 0) is 9.53 Å². The number of fused-ring (bicyclic) bond motifs is 1. The van der Waals surface area contributed by atoms with E-state index in [4.69, 9.17) is 4.74 Å². The van der Waals surface area contributed by atoms with Gasteiger partial charge in [-0.1, -0.05) is 58.4 Å². The van der Waals surface area contributed by atoms with E-state index in [1.54, 1.807) is 12.1 Å². The lowest BCUT2D eigenvalue weighted by Crippen LogP contribution is -2.13. The molecule has 5 heteroatoms. The van der Waals surface area contributed by atoms with Gasteiger partial charge < -0.3 is 9.47 Å². The van der Waals surface area contributed by atoms with Gasteiger partial charge >= 0.3 is 5.97 Å². The molecule has 0 heterocycles. The second-order valence-electron chi connectivity index (χ2n) is 5.74. The van der Waals surface area contributed by atoms with Crippen molar-refractivity contribution in [3.05, 3.63) is 76.3 Å². The molecule has 0 saturated carbocycles. The molecule has 0 spiro atoms. The highest BCUT2D eigenvalue weighted by Crippen LogP contribution is 2.30. The Morgan fingerprint density at radius 2 is 1.93 bits per heavy atom. The summed E-state index contributed by atoms with van der Waals surface area (Å²) < 4.78 is 11.0. The van der Waals surface area contributed by atoms with E-state index in [1.807, 2.05) is 54.6 Å². The number of esters is 1. The van der Waals surface area contributed by atoms with Gasteiger partial charge in [0.2, 0.25) is 0 Å². The topological polar surface area (TPSA) is 59.3 Å². The highest BCUT2D eigenvalue weighted by Gasteiger charge is 2.10. The standard InChI is InChI=1S/C22H16BrNO3/c1-26-22(25)14-27-21-10-9-18(23)12-16(21)11-17(13-24)20-8-4-6-15-5-2-3-7-19(15)20/h2-12H,14H2,1H3/b17-11-. The molecule has 0 N–H and O–H groups in total. The summed E-state index contributed by atoms with van der Waals surface area (Å²) >= 11 is 3.44. The fraction of sp³-hybridized carbons (Fsp3) is 0.0909. The van der Waals surface area contributed by atoms with Gasteiger partial charge in [-0.15, -0.1) is 0 Å². The van der Waals surface area contributed by atoms with Gasteiger partial charge in [-0.2, -0.15) is 5.26 Å². The molecule has 0 unspecified atom stereocenters. The molecule has 4 nitrogen and oxygen atoms in total. The second kappa shape index (κ2) is 8.52. The molecule has 3 rings (SSSR count). The Kier molecular flexibility index (Phi) is 5.90. The van der Waals surface area contributed by atoms with Gasteiger partial charge in [0.15, 0.2) is 6.61 Å². The highest BCUT2D eigenvalue weighted by molar-refractivity contribution is 9.10. The molecule has 3 aromatic rings. The fourth-order valence-corrected chi connectivity index (χ4v) is 3.12. The highest BCUT2D eigenvalue weighted by atomic mass is 79.9. The molecule has 0 aliphatic rings. The third kappa shape index (κ3) is 4.36. The third-order valence-electron chi connectivity index (χ3n) is 4.05. The van der Waals surface area contributed by atoms with Crippen molar-refractivity contribution in [1.82, 2.24) is 0 Å². The lowest BCUT2D eigenvalue weighted by atomic mass is 9.97. The average Bonchev–Trinajstić information content (AvgIpc) is 2.70. The maximum Gasteiger partial charge on any atom is 0.343 e. The molecule has 27 heavy (non-hydrogen) atoms. The van der Waals surface area contributed by atoms with Crippen molar-refractivity contribution < 1.29 is 14.3 Å². The minimum absolute atomic E-state index is 0.199. The molecule has 3 aromatic carbocycles. The summed E-state index contributed by atoms with van der Waals surface area (Å²) in [7, 11) is 1.31. The number of hydrogen-bond acceptors (Lipinski definition) is 4. The smallest absolute Gasteiger partial charge is 0.343 e. The van der Waals surface area contributed by atoms with Crippen LogP contribution in [0.5, 0.6) is 5.75 Å². The number of methoxy groups -OCH3 is 1. The summed E-state index contributed by atoms with van der Waals surface area (Å²) in [5.74, 6) is 0.0268. The molecular weight excluding hydrogens is 406 g/mol. The zero-order chi connectivity index (χ0) is 19.2. The minimum atomic E-state index is -0.470. The first-order valence-electron chi connectivity index (χ1n) is 8.21. The van der Waals surface area contributed by atoms with Crippen molar-refractivity contribution in [2.45, 2.75) is 0 Å². The second-order valence-corrected chi connectivity index (χ2v) is 6.66. The number of ether oxygens (including phenoxy) is 2. The van der Waals surface area contributed by atoms with Crippen LogP contribution >= 0.6 is 15.9 Å². The zero-order valence-electron chi connectivity index (χ0n) is 14.6. The van der Waals surface area contributed by atoms with Crippen LogP contribution in [0.4, 0.5) is 0 Å². The number of rotatable bonds is 5. The molecular formula is C22H16BrNO3. The Balaban J connectivity index is 2.07. The number of hydrogen-bond donors (Lipinski definition) is 0. The maximum absolute atomic E-state index is 11.4. The lowest BCUT2D eigenvalue weighted by molar-refractivity contribution is -0.142. The van der Waals surface area contributed by atoms with Crippen LogP contribution in [-0.4, -0.2) is 19.7 Å². The summed E-state index contributed by atoms with van der Waals surface area (Å²) in [6.45, 7) is -0.199. The van der Waals surface area contributed by atoms with Crippen LogP contribution < -0.4 is 4.74 Å². The van der Waals surface area contributed by atoms with E-state index in [2.05, 4.69) is 26.7 Å². The van der Waals surface area contributed by atoms with E-state index >= 15 is 0 Å². The van der Waals surface area contributed by atoms with E-state index < -0.39 is 5.97 Å². The van der Waals surface area contributed by atoms with Crippen molar-refractivity contribution in [3.8, 4) is 11.8 Å². The Labute approximate surface area is 165 Å². The van der Waals surface area contributed by atoms with Gasteiger partial charge in [0.25, 0.3) is 0 Å². The SMILES string of the molecule is COC(=O)COc1ccc(Br)cc1/C=C(/C#N)c1cccc2ccccc12. The van der Waals surface area contributed by atoms with Crippen LogP contribution in [0.25, 0.3) is 22.4 Å². The molecule has 0 aromatic heterocycles. The molecule has 0 aliphatic heterocycles. The van der Waals surface area contributed by atoms with Gasteiger partial charge in [-0.3, -0.25) is 0 Å². The van der Waals surface area contributed by atoms with Gasteiger partial charge in [0.1, 0.15) is 5.75 Å². The minimum Gasteiger partial charge on any atom is -0.481 e. The first kappa shape index (κ1) is 18.7. The number of nitrogens with zero attached hydrogens (tertiary/aromatic N) is 1. The quantitative estimate of drug-likeness (QED) is 0.322. The Morgan fingerprint density at radius 1 is 1.15 bits per heavy atom. The number of halogens is 1. The van der Waals surface area contributed by atoms with Crippen LogP contribution in [0.1, 0.15) is 11.1 Å². The Morgan fingerprint density at radius 3 is 2.70 bits per heavy atom. The fourth-order valence-electron chi connectivity index (χ4n) is 2.75. The van der Waals surface area contributed by atoms with Gasteiger partial charge in [-0.05, 0) is 35.0 Å². The van der Waals surface area contributed by atoms with Gasteiger partial charge in [-0.25, -0.2) is 4.79 Å². The van der Waals surface area contributed by atoms with E-state index in [-0.39, 0.29) is 6.61 Å². The number of carbonyl (C=O) groups is 1. The molecule has 0 saturated heterocycles. The third-order valence-corrected chi connectivity index (χ3v) is 4.54. The van der Waals surface area contributed by atoms with Crippen molar-refractivity contribution in [2.75, 3.05) is 13.7 Å². The van der Waals surface area contributed by atoms with E-state index in [0.717, 1.165) is 20.8 Å². The zero-order valence-corrected chi connectivity index (χ0v) is 16.2. The largest absolute Gasteiger partial charge is 0.481 e. The number of benzene rings is 3. The van der Waals surface area contributed by atoms with Crippen LogP contribution in [0.2, 0.25) is 0 Å². The van der Waals surface area contributed by atoms with Crippen LogP contribution in [0.3, 0.4) is 0 Å². The molecule has 134 valence electrons. The number of carbonyl (C=O) groups excluding carboxylic acids is 1. The monoisotopic (exact) mass is 421 g/mol. The van der Waals surface area contributed by atoms with E-state index in [1.165, 1.54) is 7.11 Å². The molecule has 0 bridgehead atoms. The molecule has 0 atom stereocenters. The maximum atomic E-state index is 11.4. The first-order chi connectivity index (χ1) is 13.1. The van der Waals surface area contributed by atoms with Gasteiger partial charge in [0.05, 0.1) is 18.8 Å². The summed E-state index contributed by atoms with van der Waals surface area (Å²) in [5.41, 5.74) is 2.04. The van der Waals surface area contributed by atoms with Crippen LogP contribution in [0, 0.1) is 11.3 Å². The molecule has 0 amide bonds. The average molecular weight is 422 g/mol. The van der Waals surface area contributed by atoms with E-state index in [9.17, 15) is 10.1 Å². The lowest BCUT2D eigenvalue weighted by Gasteiger charge is -2.10. The predicted molar refractivity (Wildman–Crippen MR) is 109 cm³/mol.